The minimum absolute atomic E-state index is 0.0550. The topological polar surface area (TPSA) is 78.9 Å². The lowest BCUT2D eigenvalue weighted by atomic mass is 10.1. The number of benzene rings is 1. The number of aryl methyl sites for hydroxylation is 1. The number of hydrogen-bond acceptors (Lipinski definition) is 3. The van der Waals surface area contributed by atoms with Gasteiger partial charge < -0.3 is 15.8 Å². The monoisotopic (exact) mass is 281 g/mol. The predicted molar refractivity (Wildman–Crippen MR) is 75.3 cm³/mol. The van der Waals surface area contributed by atoms with Crippen molar-refractivity contribution >= 4 is 11.7 Å². The maximum atomic E-state index is 13.3. The van der Waals surface area contributed by atoms with Gasteiger partial charge in [0.05, 0.1) is 0 Å². The summed E-state index contributed by atoms with van der Waals surface area (Å²) in [5.41, 5.74) is 6.46. The van der Waals surface area contributed by atoms with Crippen molar-refractivity contribution in [2.75, 3.05) is 6.54 Å². The van der Waals surface area contributed by atoms with Crippen LogP contribution in [0.4, 0.5) is 4.39 Å². The van der Waals surface area contributed by atoms with Crippen LogP contribution in [0.15, 0.2) is 23.4 Å². The van der Waals surface area contributed by atoms with Crippen molar-refractivity contribution in [2.24, 2.45) is 10.9 Å². The van der Waals surface area contributed by atoms with Gasteiger partial charge in [0.2, 0.25) is 0 Å². The molecule has 0 fully saturated rings. The highest BCUT2D eigenvalue weighted by Crippen LogP contribution is 2.15. The summed E-state index contributed by atoms with van der Waals surface area (Å²) in [6.45, 7) is 5.79. The van der Waals surface area contributed by atoms with E-state index in [1.807, 2.05) is 13.8 Å². The fourth-order valence-corrected chi connectivity index (χ4v) is 1.86. The number of hydrogen-bond donors (Lipinski definition) is 2. The first-order valence-electron chi connectivity index (χ1n) is 6.40. The number of carbonyl (C=O) groups is 1. The molecule has 5 nitrogen and oxygen atoms in total. The van der Waals surface area contributed by atoms with E-state index in [0.29, 0.717) is 17.7 Å². The number of amidine groups is 1. The average molecular weight is 281 g/mol. The van der Waals surface area contributed by atoms with Gasteiger partial charge in [0, 0.05) is 24.6 Å². The fourth-order valence-electron chi connectivity index (χ4n) is 1.86. The van der Waals surface area contributed by atoms with Crippen LogP contribution in [-0.2, 0) is 0 Å². The highest BCUT2D eigenvalue weighted by atomic mass is 19.1. The Morgan fingerprint density at radius 1 is 1.50 bits per heavy atom. The third kappa shape index (κ3) is 3.94. The molecular formula is C14H20FN3O2. The molecule has 6 heteroatoms. The summed E-state index contributed by atoms with van der Waals surface area (Å²) in [7, 11) is 0. The van der Waals surface area contributed by atoms with Crippen molar-refractivity contribution in [3.05, 3.63) is 35.1 Å². The van der Waals surface area contributed by atoms with Crippen molar-refractivity contribution in [2.45, 2.75) is 33.2 Å². The summed E-state index contributed by atoms with van der Waals surface area (Å²) in [5, 5.41) is 11.4. The number of halogens is 1. The second-order valence-electron chi connectivity index (χ2n) is 4.89. The smallest absolute Gasteiger partial charge is 0.254 e. The minimum atomic E-state index is -0.445. The van der Waals surface area contributed by atoms with Crippen LogP contribution in [0.2, 0.25) is 0 Å². The van der Waals surface area contributed by atoms with Crippen LogP contribution in [0, 0.1) is 12.7 Å². The molecule has 0 bridgehead atoms. The molecule has 0 aliphatic heterocycles. The largest absolute Gasteiger partial charge is 0.409 e. The van der Waals surface area contributed by atoms with Crippen molar-refractivity contribution in [3.63, 3.8) is 0 Å². The molecule has 20 heavy (non-hydrogen) atoms. The minimum Gasteiger partial charge on any atom is -0.409 e. The van der Waals surface area contributed by atoms with Gasteiger partial charge in [-0.3, -0.25) is 4.79 Å². The van der Waals surface area contributed by atoms with Crippen LogP contribution in [0.5, 0.6) is 0 Å². The third-order valence-corrected chi connectivity index (χ3v) is 3.05. The van der Waals surface area contributed by atoms with Gasteiger partial charge in [-0.1, -0.05) is 11.2 Å². The van der Waals surface area contributed by atoms with Gasteiger partial charge in [-0.2, -0.15) is 0 Å². The Morgan fingerprint density at radius 2 is 2.15 bits per heavy atom. The molecule has 1 rings (SSSR count). The van der Waals surface area contributed by atoms with Crippen LogP contribution < -0.4 is 5.73 Å². The molecular weight excluding hydrogens is 261 g/mol. The molecule has 1 aromatic carbocycles. The lowest BCUT2D eigenvalue weighted by molar-refractivity contribution is 0.0709. The van der Waals surface area contributed by atoms with E-state index in [0.717, 1.165) is 0 Å². The van der Waals surface area contributed by atoms with Gasteiger partial charge in [-0.25, -0.2) is 4.39 Å². The van der Waals surface area contributed by atoms with E-state index in [4.69, 9.17) is 10.9 Å². The SMILES string of the molecule is Cc1ccc(F)cc1C(=O)N(CCC(N)=NO)C(C)C. The molecule has 1 amide bonds. The first-order chi connectivity index (χ1) is 9.36. The summed E-state index contributed by atoms with van der Waals surface area (Å²) in [5.74, 6) is -0.652. The van der Waals surface area contributed by atoms with Crippen molar-refractivity contribution < 1.29 is 14.4 Å². The average Bonchev–Trinajstić information content (AvgIpc) is 2.40. The zero-order valence-electron chi connectivity index (χ0n) is 11.9. The first kappa shape index (κ1) is 15.9. The zero-order valence-corrected chi connectivity index (χ0v) is 11.9. The fraction of sp³-hybridized carbons (Fsp3) is 0.429. The number of nitrogens with two attached hydrogens (primary N) is 1. The van der Waals surface area contributed by atoms with E-state index >= 15 is 0 Å². The van der Waals surface area contributed by atoms with Crippen molar-refractivity contribution in [1.82, 2.24) is 4.90 Å². The quantitative estimate of drug-likeness (QED) is 0.375. The Balaban J connectivity index is 2.97. The molecule has 0 atom stereocenters. The third-order valence-electron chi connectivity index (χ3n) is 3.05. The van der Waals surface area contributed by atoms with E-state index in [1.165, 1.54) is 12.1 Å². The Morgan fingerprint density at radius 3 is 2.70 bits per heavy atom. The standard InChI is InChI=1S/C14H20FN3O2/c1-9(2)18(7-6-13(16)17-20)14(19)12-8-11(15)5-4-10(12)3/h4-5,8-9,20H,6-7H2,1-3H3,(H2,16,17). The number of carbonyl (C=O) groups excluding carboxylic acids is 1. The molecule has 0 heterocycles. The van der Waals surface area contributed by atoms with Crippen LogP contribution in [0.1, 0.15) is 36.2 Å². The molecule has 0 aromatic heterocycles. The van der Waals surface area contributed by atoms with E-state index in [9.17, 15) is 9.18 Å². The number of amides is 1. The van der Waals surface area contributed by atoms with E-state index in [1.54, 1.807) is 17.9 Å². The van der Waals surface area contributed by atoms with Gasteiger partial charge in [0.15, 0.2) is 0 Å². The first-order valence-corrected chi connectivity index (χ1v) is 6.40. The molecule has 0 aliphatic rings. The van der Waals surface area contributed by atoms with E-state index in [-0.39, 0.29) is 24.2 Å². The normalized spacial score (nSPS) is 11.8. The summed E-state index contributed by atoms with van der Waals surface area (Å²) in [6, 6.07) is 4.06. The van der Waals surface area contributed by atoms with Crippen molar-refractivity contribution in [1.29, 1.82) is 0 Å². The van der Waals surface area contributed by atoms with Crippen LogP contribution >= 0.6 is 0 Å². The molecule has 0 aliphatic carbocycles. The molecule has 0 spiro atoms. The molecule has 110 valence electrons. The molecule has 0 saturated carbocycles. The Kier molecular flexibility index (Phi) is 5.49. The molecule has 0 radical (unpaired) electrons. The second kappa shape index (κ2) is 6.88. The van der Waals surface area contributed by atoms with E-state index in [2.05, 4.69) is 5.16 Å². The highest BCUT2D eigenvalue weighted by Gasteiger charge is 2.21. The summed E-state index contributed by atoms with van der Waals surface area (Å²) < 4.78 is 13.3. The lowest BCUT2D eigenvalue weighted by Crippen LogP contribution is -2.39. The van der Waals surface area contributed by atoms with Crippen LogP contribution in [0.3, 0.4) is 0 Å². The Labute approximate surface area is 117 Å². The zero-order chi connectivity index (χ0) is 15.3. The van der Waals surface area contributed by atoms with E-state index < -0.39 is 5.82 Å². The van der Waals surface area contributed by atoms with Crippen LogP contribution in [-0.4, -0.2) is 34.4 Å². The van der Waals surface area contributed by atoms with Gasteiger partial charge >= 0.3 is 0 Å². The number of oxime groups is 1. The Bertz CT molecular complexity index is 515. The maximum Gasteiger partial charge on any atom is 0.254 e. The number of rotatable bonds is 5. The second-order valence-corrected chi connectivity index (χ2v) is 4.89. The van der Waals surface area contributed by atoms with Gasteiger partial charge in [0.1, 0.15) is 11.7 Å². The summed E-state index contributed by atoms with van der Waals surface area (Å²) in [6.07, 6.45) is 0.259. The molecule has 3 N–H and O–H groups in total. The number of nitrogens with zero attached hydrogens (tertiary/aromatic N) is 2. The van der Waals surface area contributed by atoms with Gasteiger partial charge in [-0.05, 0) is 38.5 Å². The van der Waals surface area contributed by atoms with Crippen LogP contribution in [0.25, 0.3) is 0 Å². The molecule has 0 saturated heterocycles. The summed E-state index contributed by atoms with van der Waals surface area (Å²) >= 11 is 0. The Hall–Kier alpha value is -2.11. The summed E-state index contributed by atoms with van der Waals surface area (Å²) in [4.78, 5) is 14.0. The molecule has 0 unspecified atom stereocenters. The molecule has 1 aromatic rings. The van der Waals surface area contributed by atoms with Gasteiger partial charge in [0.25, 0.3) is 5.91 Å². The highest BCUT2D eigenvalue weighted by molar-refractivity contribution is 5.96. The lowest BCUT2D eigenvalue weighted by Gasteiger charge is -2.27. The van der Waals surface area contributed by atoms with Gasteiger partial charge in [-0.15, -0.1) is 0 Å². The maximum absolute atomic E-state index is 13.3. The van der Waals surface area contributed by atoms with Crippen molar-refractivity contribution in [3.8, 4) is 0 Å². The predicted octanol–water partition coefficient (Wildman–Crippen LogP) is 2.12.